The van der Waals surface area contributed by atoms with Crippen LogP contribution < -0.4 is 10.6 Å². The highest BCUT2D eigenvalue weighted by atomic mass is 32.1. The molecule has 0 aliphatic carbocycles. The fourth-order valence-corrected chi connectivity index (χ4v) is 3.46. The number of aromatic nitrogens is 2. The average molecular weight is 412 g/mol. The summed E-state index contributed by atoms with van der Waals surface area (Å²) in [4.78, 5) is 25.3. The van der Waals surface area contributed by atoms with Crippen LogP contribution in [0.5, 0.6) is 0 Å². The number of hydrogen-bond donors (Lipinski definition) is 2. The van der Waals surface area contributed by atoms with E-state index in [1.807, 2.05) is 44.2 Å². The number of rotatable bonds is 7. The molecule has 2 amide bonds. The van der Waals surface area contributed by atoms with Crippen molar-refractivity contribution in [3.05, 3.63) is 66.0 Å². The normalized spacial score (nSPS) is 12.8. The van der Waals surface area contributed by atoms with Crippen LogP contribution in [0.25, 0.3) is 10.6 Å². The summed E-state index contributed by atoms with van der Waals surface area (Å²) in [5, 5.41) is 14.6. The maximum Gasteiger partial charge on any atom is 0.252 e. The number of benzene rings is 2. The van der Waals surface area contributed by atoms with Crippen LogP contribution in [0, 0.1) is 11.7 Å². The smallest absolute Gasteiger partial charge is 0.252 e. The molecule has 0 aliphatic heterocycles. The molecule has 1 aromatic heterocycles. The van der Waals surface area contributed by atoms with Gasteiger partial charge in [-0.1, -0.05) is 68.0 Å². The number of nitrogens with zero attached hydrogens (tertiary/aromatic N) is 2. The highest BCUT2D eigenvalue weighted by Crippen LogP contribution is 2.26. The van der Waals surface area contributed by atoms with Crippen molar-refractivity contribution in [1.29, 1.82) is 0 Å². The van der Waals surface area contributed by atoms with E-state index in [9.17, 15) is 14.0 Å². The third-order valence-corrected chi connectivity index (χ3v) is 5.43. The molecular weight excluding hydrogens is 391 g/mol. The van der Waals surface area contributed by atoms with Crippen molar-refractivity contribution >= 4 is 28.3 Å². The van der Waals surface area contributed by atoms with E-state index in [1.165, 1.54) is 29.5 Å². The van der Waals surface area contributed by atoms with Crippen LogP contribution in [0.4, 0.5) is 9.52 Å². The Morgan fingerprint density at radius 1 is 1.10 bits per heavy atom. The molecule has 0 bridgehead atoms. The monoisotopic (exact) mass is 412 g/mol. The fourth-order valence-electron chi connectivity index (χ4n) is 2.71. The lowest BCUT2D eigenvalue weighted by atomic mass is 9.98. The Morgan fingerprint density at radius 3 is 2.55 bits per heavy atom. The first-order valence-corrected chi connectivity index (χ1v) is 10.1. The summed E-state index contributed by atoms with van der Waals surface area (Å²) >= 11 is 1.25. The number of nitrogens with one attached hydrogen (secondary N) is 2. The van der Waals surface area contributed by atoms with Crippen LogP contribution >= 0.6 is 11.3 Å². The second-order valence-corrected chi connectivity index (χ2v) is 7.59. The lowest BCUT2D eigenvalue weighted by Gasteiger charge is -2.23. The number of halogens is 1. The minimum absolute atomic E-state index is 0.131. The molecule has 29 heavy (non-hydrogen) atoms. The first kappa shape index (κ1) is 20.6. The molecule has 3 rings (SSSR count). The Bertz CT molecular complexity index is 993. The molecule has 1 heterocycles. The topological polar surface area (TPSA) is 84.0 Å². The second kappa shape index (κ2) is 9.38. The van der Waals surface area contributed by atoms with Crippen molar-refractivity contribution < 1.29 is 14.0 Å². The van der Waals surface area contributed by atoms with E-state index in [4.69, 9.17) is 0 Å². The van der Waals surface area contributed by atoms with Gasteiger partial charge >= 0.3 is 0 Å². The summed E-state index contributed by atoms with van der Waals surface area (Å²) in [6.07, 6.45) is 0.674. The summed E-state index contributed by atoms with van der Waals surface area (Å²) in [7, 11) is 0. The highest BCUT2D eigenvalue weighted by molar-refractivity contribution is 7.18. The van der Waals surface area contributed by atoms with Gasteiger partial charge < -0.3 is 5.32 Å². The quantitative estimate of drug-likeness (QED) is 0.611. The predicted octanol–water partition coefficient (Wildman–Crippen LogP) is 4.13. The van der Waals surface area contributed by atoms with Gasteiger partial charge in [0.1, 0.15) is 16.9 Å². The molecule has 3 aromatic rings. The molecule has 6 nitrogen and oxygen atoms in total. The van der Waals surface area contributed by atoms with E-state index >= 15 is 0 Å². The Balaban J connectivity index is 1.73. The van der Waals surface area contributed by atoms with Crippen molar-refractivity contribution in [2.45, 2.75) is 26.3 Å². The zero-order valence-electron chi connectivity index (χ0n) is 16.1. The minimum Gasteiger partial charge on any atom is -0.340 e. The van der Waals surface area contributed by atoms with Crippen LogP contribution in [0.3, 0.4) is 0 Å². The largest absolute Gasteiger partial charge is 0.340 e. The first-order chi connectivity index (χ1) is 14.0. The van der Waals surface area contributed by atoms with Gasteiger partial charge in [-0.15, -0.1) is 10.2 Å². The highest BCUT2D eigenvalue weighted by Gasteiger charge is 2.27. The van der Waals surface area contributed by atoms with Crippen molar-refractivity contribution in [2.75, 3.05) is 5.32 Å². The zero-order chi connectivity index (χ0) is 20.8. The Labute approximate surface area is 172 Å². The Morgan fingerprint density at radius 2 is 1.86 bits per heavy atom. The fraction of sp³-hybridized carbons (Fsp3) is 0.238. The van der Waals surface area contributed by atoms with Gasteiger partial charge in [-0.2, -0.15) is 0 Å². The van der Waals surface area contributed by atoms with E-state index in [0.29, 0.717) is 16.6 Å². The van der Waals surface area contributed by atoms with Crippen LogP contribution in [-0.4, -0.2) is 28.1 Å². The molecule has 150 valence electrons. The van der Waals surface area contributed by atoms with Gasteiger partial charge in [0, 0.05) is 11.1 Å². The second-order valence-electron chi connectivity index (χ2n) is 6.61. The molecule has 2 aromatic carbocycles. The summed E-state index contributed by atoms with van der Waals surface area (Å²) in [5.74, 6) is -1.54. The molecule has 0 saturated heterocycles. The molecule has 2 atom stereocenters. The molecule has 0 spiro atoms. The molecule has 2 unspecified atom stereocenters. The van der Waals surface area contributed by atoms with Crippen molar-refractivity contribution in [2.24, 2.45) is 5.92 Å². The zero-order valence-corrected chi connectivity index (χ0v) is 16.9. The van der Waals surface area contributed by atoms with E-state index in [0.717, 1.165) is 11.6 Å². The molecule has 0 fully saturated rings. The summed E-state index contributed by atoms with van der Waals surface area (Å²) in [6.45, 7) is 3.79. The summed E-state index contributed by atoms with van der Waals surface area (Å²) in [5.41, 5.74) is 1.07. The number of carbonyl (C=O) groups is 2. The molecular formula is C21H21FN4O2S. The standard InChI is InChI=1S/C21H21FN4O2S/c1-3-13(2)17(23-18(27)15-10-7-11-16(22)12-15)19(28)24-21-26-25-20(29-21)14-8-5-4-6-9-14/h4-13,17H,3H2,1-2H3,(H,23,27)(H,24,26,28). The minimum atomic E-state index is -0.792. The average Bonchev–Trinajstić information content (AvgIpc) is 3.20. The molecule has 8 heteroatoms. The SMILES string of the molecule is CCC(C)C(NC(=O)c1cccc(F)c1)C(=O)Nc1nnc(-c2ccccc2)s1. The lowest BCUT2D eigenvalue weighted by molar-refractivity contribution is -0.119. The lowest BCUT2D eigenvalue weighted by Crippen LogP contribution is -2.47. The van der Waals surface area contributed by atoms with Gasteiger partial charge in [0.25, 0.3) is 5.91 Å². The van der Waals surface area contributed by atoms with Crippen molar-refractivity contribution in [3.63, 3.8) is 0 Å². The molecule has 0 saturated carbocycles. The maximum atomic E-state index is 13.4. The third-order valence-electron chi connectivity index (χ3n) is 4.54. The van der Waals surface area contributed by atoms with Gasteiger partial charge in [0.2, 0.25) is 11.0 Å². The van der Waals surface area contributed by atoms with E-state index in [-0.39, 0.29) is 17.4 Å². The number of carbonyl (C=O) groups excluding carboxylic acids is 2. The van der Waals surface area contributed by atoms with Gasteiger partial charge in [-0.25, -0.2) is 4.39 Å². The van der Waals surface area contributed by atoms with E-state index < -0.39 is 17.8 Å². The Kier molecular flexibility index (Phi) is 6.66. The van der Waals surface area contributed by atoms with Crippen molar-refractivity contribution in [1.82, 2.24) is 15.5 Å². The molecule has 0 aliphatic rings. The van der Waals surface area contributed by atoms with E-state index in [1.54, 1.807) is 0 Å². The summed E-state index contributed by atoms with van der Waals surface area (Å²) < 4.78 is 13.4. The number of amides is 2. The number of hydrogen-bond acceptors (Lipinski definition) is 5. The van der Waals surface area contributed by atoms with Crippen LogP contribution in [0.15, 0.2) is 54.6 Å². The van der Waals surface area contributed by atoms with Gasteiger partial charge in [-0.3, -0.25) is 14.9 Å². The van der Waals surface area contributed by atoms with Crippen LogP contribution in [0.1, 0.15) is 30.6 Å². The Hall–Kier alpha value is -3.13. The van der Waals surface area contributed by atoms with Crippen LogP contribution in [-0.2, 0) is 4.79 Å². The predicted molar refractivity (Wildman–Crippen MR) is 111 cm³/mol. The van der Waals surface area contributed by atoms with Gasteiger partial charge in [-0.05, 0) is 24.1 Å². The molecule has 0 radical (unpaired) electrons. The summed E-state index contributed by atoms with van der Waals surface area (Å²) in [6, 6.07) is 14.1. The van der Waals surface area contributed by atoms with E-state index in [2.05, 4.69) is 20.8 Å². The number of anilines is 1. The van der Waals surface area contributed by atoms with Gasteiger partial charge in [0.15, 0.2) is 0 Å². The maximum absolute atomic E-state index is 13.4. The molecule has 2 N–H and O–H groups in total. The van der Waals surface area contributed by atoms with Crippen LogP contribution in [0.2, 0.25) is 0 Å². The third kappa shape index (κ3) is 5.23. The van der Waals surface area contributed by atoms with Crippen molar-refractivity contribution in [3.8, 4) is 10.6 Å². The first-order valence-electron chi connectivity index (χ1n) is 9.24. The van der Waals surface area contributed by atoms with Gasteiger partial charge in [0.05, 0.1) is 0 Å².